The Morgan fingerprint density at radius 2 is 1.93 bits per heavy atom. The summed E-state index contributed by atoms with van der Waals surface area (Å²) in [5.74, 6) is 0.379. The van der Waals surface area contributed by atoms with Crippen molar-refractivity contribution < 1.29 is 13.5 Å². The zero-order chi connectivity index (χ0) is 20.8. The van der Waals surface area contributed by atoms with E-state index >= 15 is 0 Å². The summed E-state index contributed by atoms with van der Waals surface area (Å²) in [5, 5.41) is 0. The molecule has 0 spiro atoms. The minimum atomic E-state index is -0.796. The highest BCUT2D eigenvalue weighted by Gasteiger charge is 2.32. The normalized spacial score (nSPS) is 14.7. The van der Waals surface area contributed by atoms with E-state index in [2.05, 4.69) is 15.0 Å². The van der Waals surface area contributed by atoms with Gasteiger partial charge in [0.25, 0.3) is 0 Å². The van der Waals surface area contributed by atoms with Gasteiger partial charge >= 0.3 is 0 Å². The first kappa shape index (κ1) is 18.0. The minimum absolute atomic E-state index is 0.0919. The number of benzene rings is 2. The van der Waals surface area contributed by atoms with E-state index in [4.69, 9.17) is 16.2 Å². The second-order valence-corrected chi connectivity index (χ2v) is 6.86. The second kappa shape index (κ2) is 6.80. The lowest BCUT2D eigenvalue weighted by molar-refractivity contribution is 0.418. The molecule has 3 heterocycles. The lowest BCUT2D eigenvalue weighted by Gasteiger charge is -2.27. The number of fused-ring (bicyclic) bond motifs is 3. The number of rotatable bonds is 3. The van der Waals surface area contributed by atoms with Gasteiger partial charge in [-0.1, -0.05) is 0 Å². The van der Waals surface area contributed by atoms with Gasteiger partial charge < -0.3 is 21.1 Å². The predicted octanol–water partition coefficient (Wildman–Crippen LogP) is 3.24. The lowest BCUT2D eigenvalue weighted by Crippen LogP contribution is -2.34. The summed E-state index contributed by atoms with van der Waals surface area (Å²) in [7, 11) is 0. The third kappa shape index (κ3) is 3.00. The standard InChI is InChI=1S/C21H16F2N6O/c22-12-1-4-17(15(23)8-12)30-18-7-11-10-27-19(14-9-13(24)2-3-16(14)25)28-20(11)29-6-5-26-21(18)29/h1-4,7-10H,5-6,24-25H2. The van der Waals surface area contributed by atoms with Crippen LogP contribution in [0.4, 0.5) is 26.0 Å². The number of aliphatic imine (C=N–C) groups is 1. The van der Waals surface area contributed by atoms with Crippen molar-refractivity contribution in [3.8, 4) is 17.1 Å². The van der Waals surface area contributed by atoms with Gasteiger partial charge in [-0.2, -0.15) is 0 Å². The highest BCUT2D eigenvalue weighted by molar-refractivity contribution is 6.15. The first-order valence-electron chi connectivity index (χ1n) is 9.19. The Labute approximate surface area is 170 Å². The smallest absolute Gasteiger partial charge is 0.173 e. The maximum Gasteiger partial charge on any atom is 0.173 e. The van der Waals surface area contributed by atoms with Crippen LogP contribution >= 0.6 is 0 Å². The van der Waals surface area contributed by atoms with E-state index in [9.17, 15) is 8.78 Å². The molecule has 0 amide bonds. The van der Waals surface area contributed by atoms with Crippen LogP contribution in [0.15, 0.2) is 53.3 Å². The van der Waals surface area contributed by atoms with Crippen molar-refractivity contribution in [1.82, 2.24) is 9.97 Å². The van der Waals surface area contributed by atoms with E-state index in [0.29, 0.717) is 58.8 Å². The van der Waals surface area contributed by atoms with Crippen LogP contribution in [0.3, 0.4) is 0 Å². The highest BCUT2D eigenvalue weighted by Crippen LogP contribution is 2.34. The SMILES string of the molecule is Nc1ccc(N)c(-c2ncc3c(n2)N2CCN=C2C(Oc2ccc(F)cc2F)=C3)c1. The van der Waals surface area contributed by atoms with Crippen LogP contribution in [-0.4, -0.2) is 28.9 Å². The fraction of sp³-hybridized carbons (Fsp3) is 0.0952. The van der Waals surface area contributed by atoms with E-state index in [1.807, 2.05) is 4.90 Å². The Kier molecular flexibility index (Phi) is 4.09. The molecule has 30 heavy (non-hydrogen) atoms. The number of nitrogens with zero attached hydrogens (tertiary/aromatic N) is 4. The fourth-order valence-electron chi connectivity index (χ4n) is 3.42. The predicted molar refractivity (Wildman–Crippen MR) is 111 cm³/mol. The summed E-state index contributed by atoms with van der Waals surface area (Å²) in [6.07, 6.45) is 3.32. The number of amidine groups is 1. The third-order valence-electron chi connectivity index (χ3n) is 4.83. The number of hydrogen-bond donors (Lipinski definition) is 2. The molecule has 9 heteroatoms. The largest absolute Gasteiger partial charge is 0.450 e. The van der Waals surface area contributed by atoms with Crippen molar-refractivity contribution in [2.75, 3.05) is 29.5 Å². The number of ether oxygens (including phenoxy) is 1. The summed E-state index contributed by atoms with van der Waals surface area (Å²) in [6.45, 7) is 1.11. The molecule has 4 N–H and O–H groups in total. The highest BCUT2D eigenvalue weighted by atomic mass is 19.1. The van der Waals surface area contributed by atoms with Crippen molar-refractivity contribution in [2.24, 2.45) is 4.99 Å². The van der Waals surface area contributed by atoms with E-state index < -0.39 is 11.6 Å². The first-order valence-corrected chi connectivity index (χ1v) is 9.19. The van der Waals surface area contributed by atoms with Gasteiger partial charge in [-0.05, 0) is 36.4 Å². The molecule has 2 aliphatic heterocycles. The zero-order valence-corrected chi connectivity index (χ0v) is 15.6. The van der Waals surface area contributed by atoms with Crippen LogP contribution in [0.25, 0.3) is 17.5 Å². The minimum Gasteiger partial charge on any atom is -0.450 e. The molecule has 5 rings (SSSR count). The van der Waals surface area contributed by atoms with E-state index in [1.54, 1.807) is 30.5 Å². The third-order valence-corrected chi connectivity index (χ3v) is 4.83. The van der Waals surface area contributed by atoms with Crippen LogP contribution in [0.2, 0.25) is 0 Å². The van der Waals surface area contributed by atoms with Gasteiger partial charge in [-0.15, -0.1) is 0 Å². The molecular weight excluding hydrogens is 390 g/mol. The molecule has 0 radical (unpaired) electrons. The second-order valence-electron chi connectivity index (χ2n) is 6.86. The Morgan fingerprint density at radius 3 is 2.77 bits per heavy atom. The Morgan fingerprint density at radius 1 is 1.07 bits per heavy atom. The monoisotopic (exact) mass is 406 g/mol. The van der Waals surface area contributed by atoms with Crippen molar-refractivity contribution in [3.63, 3.8) is 0 Å². The van der Waals surface area contributed by atoms with Gasteiger partial charge in [-0.3, -0.25) is 4.99 Å². The van der Waals surface area contributed by atoms with Crippen molar-refractivity contribution in [2.45, 2.75) is 0 Å². The van der Waals surface area contributed by atoms with Gasteiger partial charge in [0.15, 0.2) is 29.0 Å². The first-order chi connectivity index (χ1) is 14.5. The topological polar surface area (TPSA) is 103 Å². The summed E-state index contributed by atoms with van der Waals surface area (Å²) in [5.41, 5.74) is 14.3. The van der Waals surface area contributed by atoms with Gasteiger partial charge in [0, 0.05) is 41.3 Å². The molecule has 150 valence electrons. The van der Waals surface area contributed by atoms with Gasteiger partial charge in [0.05, 0.1) is 6.54 Å². The number of nitrogen functional groups attached to an aromatic ring is 2. The average Bonchev–Trinajstić information content (AvgIpc) is 3.22. The number of halogens is 2. The number of nitrogens with two attached hydrogens (primary N) is 2. The summed E-state index contributed by atoms with van der Waals surface area (Å²) >= 11 is 0. The molecule has 0 aliphatic carbocycles. The van der Waals surface area contributed by atoms with Crippen molar-refractivity contribution in [3.05, 3.63) is 65.6 Å². The van der Waals surface area contributed by atoms with Crippen LogP contribution in [0.5, 0.6) is 5.75 Å². The molecule has 2 aromatic carbocycles. The van der Waals surface area contributed by atoms with E-state index in [1.165, 1.54) is 6.07 Å². The molecule has 2 aliphatic rings. The summed E-state index contributed by atoms with van der Waals surface area (Å²) < 4.78 is 33.0. The maximum atomic E-state index is 14.1. The molecule has 0 bridgehead atoms. The molecule has 0 fully saturated rings. The quantitative estimate of drug-likeness (QED) is 0.648. The van der Waals surface area contributed by atoms with Gasteiger partial charge in [-0.25, -0.2) is 18.7 Å². The van der Waals surface area contributed by atoms with Crippen LogP contribution < -0.4 is 21.1 Å². The zero-order valence-electron chi connectivity index (χ0n) is 15.6. The lowest BCUT2D eigenvalue weighted by atomic mass is 10.1. The average molecular weight is 406 g/mol. The fourth-order valence-corrected chi connectivity index (χ4v) is 3.42. The van der Waals surface area contributed by atoms with Crippen LogP contribution in [-0.2, 0) is 0 Å². The van der Waals surface area contributed by atoms with E-state index in [-0.39, 0.29) is 5.75 Å². The number of hydrogen-bond acceptors (Lipinski definition) is 7. The molecule has 0 atom stereocenters. The molecule has 3 aromatic rings. The van der Waals surface area contributed by atoms with Gasteiger partial charge in [0.2, 0.25) is 0 Å². The Hall–Kier alpha value is -4.01. The molecule has 7 nitrogen and oxygen atoms in total. The number of anilines is 3. The Balaban J connectivity index is 1.57. The van der Waals surface area contributed by atoms with E-state index in [0.717, 1.165) is 12.1 Å². The van der Waals surface area contributed by atoms with Gasteiger partial charge in [0.1, 0.15) is 11.6 Å². The molecular formula is C21H16F2N6O. The molecule has 0 saturated heterocycles. The van der Waals surface area contributed by atoms with Crippen LogP contribution in [0, 0.1) is 11.6 Å². The van der Waals surface area contributed by atoms with Crippen molar-refractivity contribution in [1.29, 1.82) is 0 Å². The molecule has 0 saturated carbocycles. The molecule has 0 unspecified atom stereocenters. The summed E-state index contributed by atoms with van der Waals surface area (Å²) in [6, 6.07) is 8.29. The Bertz CT molecular complexity index is 1240. The summed E-state index contributed by atoms with van der Waals surface area (Å²) in [4.78, 5) is 15.4. The van der Waals surface area contributed by atoms with Crippen molar-refractivity contribution >= 4 is 29.1 Å². The van der Waals surface area contributed by atoms with Crippen LogP contribution in [0.1, 0.15) is 5.56 Å². The maximum absolute atomic E-state index is 14.1. The number of aromatic nitrogens is 2. The molecule has 1 aromatic heterocycles.